The summed E-state index contributed by atoms with van der Waals surface area (Å²) in [6.45, 7) is 1.92. The van der Waals surface area contributed by atoms with E-state index in [0.29, 0.717) is 6.10 Å². The number of nitrogens with one attached hydrogen (secondary N) is 1. The lowest BCUT2D eigenvalue weighted by Gasteiger charge is -2.28. The second kappa shape index (κ2) is 4.73. The van der Waals surface area contributed by atoms with E-state index in [1.54, 1.807) is 0 Å². The standard InChI is InChI=1S/C13H13NO.ClH/c1-2-6-12-10(4-1)5-3-7-13(12)15-11-8-14-9-11;/h1-7,11,14H,8-9H2;1H. The van der Waals surface area contributed by atoms with Crippen LogP contribution in [-0.4, -0.2) is 19.2 Å². The topological polar surface area (TPSA) is 21.3 Å². The maximum absolute atomic E-state index is 5.90. The molecular formula is C13H14ClNO. The van der Waals surface area contributed by atoms with Crippen molar-refractivity contribution in [3.63, 3.8) is 0 Å². The van der Waals surface area contributed by atoms with E-state index in [1.165, 1.54) is 10.8 Å². The normalized spacial score (nSPS) is 15.2. The molecule has 3 heteroatoms. The predicted octanol–water partition coefficient (Wildman–Crippen LogP) is 2.61. The zero-order chi connectivity index (χ0) is 10.1. The van der Waals surface area contributed by atoms with Crippen LogP contribution >= 0.6 is 12.4 Å². The van der Waals surface area contributed by atoms with Crippen molar-refractivity contribution >= 4 is 23.2 Å². The minimum Gasteiger partial charge on any atom is -0.487 e. The number of benzene rings is 2. The van der Waals surface area contributed by atoms with E-state index in [-0.39, 0.29) is 12.4 Å². The molecule has 2 aromatic carbocycles. The number of hydrogen-bond donors (Lipinski definition) is 1. The van der Waals surface area contributed by atoms with Crippen molar-refractivity contribution in [3.05, 3.63) is 42.5 Å². The quantitative estimate of drug-likeness (QED) is 0.864. The molecule has 3 rings (SSSR count). The second-order valence-corrected chi connectivity index (χ2v) is 3.88. The minimum absolute atomic E-state index is 0. The summed E-state index contributed by atoms with van der Waals surface area (Å²) < 4.78 is 5.90. The van der Waals surface area contributed by atoms with E-state index in [4.69, 9.17) is 4.74 Å². The summed E-state index contributed by atoms with van der Waals surface area (Å²) in [4.78, 5) is 0. The number of ether oxygens (including phenoxy) is 1. The lowest BCUT2D eigenvalue weighted by molar-refractivity contribution is 0.144. The van der Waals surface area contributed by atoms with Gasteiger partial charge in [-0.05, 0) is 11.5 Å². The van der Waals surface area contributed by atoms with Gasteiger partial charge in [0.1, 0.15) is 11.9 Å². The van der Waals surface area contributed by atoms with Gasteiger partial charge in [0.05, 0.1) is 0 Å². The van der Waals surface area contributed by atoms with E-state index in [1.807, 2.05) is 18.2 Å². The first kappa shape index (κ1) is 11.2. The van der Waals surface area contributed by atoms with Gasteiger partial charge in [0.25, 0.3) is 0 Å². The smallest absolute Gasteiger partial charge is 0.127 e. The Kier molecular flexibility index (Phi) is 3.32. The molecule has 84 valence electrons. The fourth-order valence-corrected chi connectivity index (χ4v) is 1.82. The summed E-state index contributed by atoms with van der Waals surface area (Å²) in [7, 11) is 0. The number of fused-ring (bicyclic) bond motifs is 1. The highest BCUT2D eigenvalue weighted by Crippen LogP contribution is 2.26. The van der Waals surface area contributed by atoms with Crippen molar-refractivity contribution in [1.29, 1.82) is 0 Å². The molecule has 1 heterocycles. The Morgan fingerprint density at radius 2 is 1.75 bits per heavy atom. The highest BCUT2D eigenvalue weighted by Gasteiger charge is 2.18. The minimum atomic E-state index is 0. The zero-order valence-corrected chi connectivity index (χ0v) is 9.67. The molecule has 1 fully saturated rings. The highest BCUT2D eigenvalue weighted by molar-refractivity contribution is 5.88. The monoisotopic (exact) mass is 235 g/mol. The zero-order valence-electron chi connectivity index (χ0n) is 8.85. The molecule has 1 aliphatic heterocycles. The van der Waals surface area contributed by atoms with Gasteiger partial charge in [-0.3, -0.25) is 0 Å². The predicted molar refractivity (Wildman–Crippen MR) is 68.5 cm³/mol. The van der Waals surface area contributed by atoms with Crippen molar-refractivity contribution < 1.29 is 4.74 Å². The van der Waals surface area contributed by atoms with Crippen LogP contribution in [0.25, 0.3) is 10.8 Å². The molecule has 0 amide bonds. The number of rotatable bonds is 2. The van der Waals surface area contributed by atoms with E-state index >= 15 is 0 Å². The molecule has 0 atom stereocenters. The third-order valence-electron chi connectivity index (χ3n) is 2.79. The number of hydrogen-bond acceptors (Lipinski definition) is 2. The molecule has 0 unspecified atom stereocenters. The molecule has 0 radical (unpaired) electrons. The lowest BCUT2D eigenvalue weighted by atomic mass is 10.1. The van der Waals surface area contributed by atoms with Crippen molar-refractivity contribution in [2.75, 3.05) is 13.1 Å². The van der Waals surface area contributed by atoms with Crippen LogP contribution in [-0.2, 0) is 0 Å². The lowest BCUT2D eigenvalue weighted by Crippen LogP contribution is -2.50. The highest BCUT2D eigenvalue weighted by atomic mass is 35.5. The Balaban J connectivity index is 0.000000963. The molecule has 2 aromatic rings. The molecule has 1 saturated heterocycles. The Bertz CT molecular complexity index is 477. The summed E-state index contributed by atoms with van der Waals surface area (Å²) in [5.74, 6) is 1.000. The molecule has 0 aromatic heterocycles. The third kappa shape index (κ3) is 1.99. The van der Waals surface area contributed by atoms with E-state index in [2.05, 4.69) is 29.6 Å². The molecule has 0 bridgehead atoms. The summed E-state index contributed by atoms with van der Waals surface area (Å²) in [6.07, 6.45) is 0.343. The van der Waals surface area contributed by atoms with Crippen LogP contribution in [0.4, 0.5) is 0 Å². The fourth-order valence-electron chi connectivity index (χ4n) is 1.82. The first-order chi connectivity index (χ1) is 7.43. The van der Waals surface area contributed by atoms with Gasteiger partial charge < -0.3 is 10.1 Å². The van der Waals surface area contributed by atoms with Crippen molar-refractivity contribution in [2.24, 2.45) is 0 Å². The molecule has 16 heavy (non-hydrogen) atoms. The van der Waals surface area contributed by atoms with Gasteiger partial charge in [-0.25, -0.2) is 0 Å². The van der Waals surface area contributed by atoms with Gasteiger partial charge in [-0.15, -0.1) is 12.4 Å². The van der Waals surface area contributed by atoms with Gasteiger partial charge >= 0.3 is 0 Å². The number of halogens is 1. The Morgan fingerprint density at radius 1 is 1.00 bits per heavy atom. The summed E-state index contributed by atoms with van der Waals surface area (Å²) in [5, 5.41) is 5.64. The van der Waals surface area contributed by atoms with E-state index < -0.39 is 0 Å². The second-order valence-electron chi connectivity index (χ2n) is 3.88. The summed E-state index contributed by atoms with van der Waals surface area (Å²) in [6, 6.07) is 14.5. The van der Waals surface area contributed by atoms with Gasteiger partial charge in [0, 0.05) is 18.5 Å². The first-order valence-electron chi connectivity index (χ1n) is 5.28. The summed E-state index contributed by atoms with van der Waals surface area (Å²) >= 11 is 0. The largest absolute Gasteiger partial charge is 0.487 e. The van der Waals surface area contributed by atoms with Crippen LogP contribution < -0.4 is 10.1 Å². The Hall–Kier alpha value is -1.25. The average Bonchev–Trinajstić information content (AvgIpc) is 2.23. The SMILES string of the molecule is Cl.c1ccc2c(OC3CNC3)cccc2c1. The first-order valence-corrected chi connectivity index (χ1v) is 5.28. The molecule has 2 nitrogen and oxygen atoms in total. The van der Waals surface area contributed by atoms with Crippen LogP contribution in [0.15, 0.2) is 42.5 Å². The molecular weight excluding hydrogens is 222 g/mol. The molecule has 0 aliphatic carbocycles. The van der Waals surface area contributed by atoms with Gasteiger partial charge in [0.2, 0.25) is 0 Å². The van der Waals surface area contributed by atoms with Crippen LogP contribution in [0.1, 0.15) is 0 Å². The fraction of sp³-hybridized carbons (Fsp3) is 0.231. The third-order valence-corrected chi connectivity index (χ3v) is 2.79. The van der Waals surface area contributed by atoms with Crippen molar-refractivity contribution in [1.82, 2.24) is 5.32 Å². The maximum Gasteiger partial charge on any atom is 0.127 e. The van der Waals surface area contributed by atoms with Crippen LogP contribution in [0.5, 0.6) is 5.75 Å². The molecule has 1 N–H and O–H groups in total. The van der Waals surface area contributed by atoms with Crippen LogP contribution in [0.3, 0.4) is 0 Å². The van der Waals surface area contributed by atoms with Gasteiger partial charge in [-0.1, -0.05) is 36.4 Å². The van der Waals surface area contributed by atoms with E-state index in [0.717, 1.165) is 18.8 Å². The average molecular weight is 236 g/mol. The van der Waals surface area contributed by atoms with Crippen LogP contribution in [0, 0.1) is 0 Å². The molecule has 1 aliphatic rings. The van der Waals surface area contributed by atoms with Crippen molar-refractivity contribution in [3.8, 4) is 5.75 Å². The Morgan fingerprint density at radius 3 is 2.50 bits per heavy atom. The molecule has 0 saturated carbocycles. The summed E-state index contributed by atoms with van der Waals surface area (Å²) in [5.41, 5.74) is 0. The maximum atomic E-state index is 5.90. The van der Waals surface area contributed by atoms with E-state index in [9.17, 15) is 0 Å². The van der Waals surface area contributed by atoms with Gasteiger partial charge in [-0.2, -0.15) is 0 Å². The molecule has 0 spiro atoms. The van der Waals surface area contributed by atoms with Crippen molar-refractivity contribution in [2.45, 2.75) is 6.10 Å². The Labute approximate surface area is 101 Å². The van der Waals surface area contributed by atoms with Crippen LogP contribution in [0.2, 0.25) is 0 Å². The van der Waals surface area contributed by atoms with Gasteiger partial charge in [0.15, 0.2) is 0 Å².